The summed E-state index contributed by atoms with van der Waals surface area (Å²) in [7, 11) is 0. The number of nitrogens with one attached hydrogen (secondary N) is 1. The van der Waals surface area contributed by atoms with E-state index in [1.54, 1.807) is 6.33 Å². The van der Waals surface area contributed by atoms with Crippen LogP contribution in [0, 0.1) is 20.8 Å². The first-order valence-electron chi connectivity index (χ1n) is 7.48. The molecule has 0 saturated heterocycles. The molecule has 0 aromatic carbocycles. The fourth-order valence-electron chi connectivity index (χ4n) is 2.66. The largest absolute Gasteiger partial charge is 0.314 e. The van der Waals surface area contributed by atoms with Crippen molar-refractivity contribution in [1.82, 2.24) is 25.1 Å². The molecule has 2 rings (SSSR count). The molecule has 0 radical (unpaired) electrons. The van der Waals surface area contributed by atoms with E-state index in [0.29, 0.717) is 12.0 Å². The highest BCUT2D eigenvalue weighted by Crippen LogP contribution is 2.24. The lowest BCUT2D eigenvalue weighted by atomic mass is 9.99. The maximum absolute atomic E-state index is 4.67. The first kappa shape index (κ1) is 15.6. The smallest absolute Gasteiger partial charge is 0.157 e. The van der Waals surface area contributed by atoms with Gasteiger partial charge in [0.1, 0.15) is 6.33 Å². The van der Waals surface area contributed by atoms with Crippen molar-refractivity contribution in [1.29, 1.82) is 0 Å². The van der Waals surface area contributed by atoms with Gasteiger partial charge in [0.2, 0.25) is 0 Å². The molecular weight excluding hydrogens is 262 g/mol. The van der Waals surface area contributed by atoms with Crippen molar-refractivity contribution in [3.05, 3.63) is 35.0 Å². The summed E-state index contributed by atoms with van der Waals surface area (Å²) in [5.74, 6) is 1.25. The average molecular weight is 287 g/mol. The Morgan fingerprint density at radius 1 is 1.14 bits per heavy atom. The predicted molar refractivity (Wildman–Crippen MR) is 84.9 cm³/mol. The van der Waals surface area contributed by atoms with Crippen molar-refractivity contribution >= 4 is 0 Å². The van der Waals surface area contributed by atoms with Crippen LogP contribution in [0.3, 0.4) is 0 Å². The van der Waals surface area contributed by atoms with Crippen molar-refractivity contribution in [3.8, 4) is 5.82 Å². The van der Waals surface area contributed by atoms with E-state index >= 15 is 0 Å². The highest BCUT2D eigenvalue weighted by molar-refractivity contribution is 5.35. The van der Waals surface area contributed by atoms with Gasteiger partial charge in [-0.15, -0.1) is 0 Å². The molecule has 2 aromatic rings. The second-order valence-corrected chi connectivity index (χ2v) is 5.98. The van der Waals surface area contributed by atoms with Gasteiger partial charge in [0.05, 0.1) is 5.69 Å². The first-order valence-corrected chi connectivity index (χ1v) is 7.48. The fourth-order valence-corrected chi connectivity index (χ4v) is 2.66. The van der Waals surface area contributed by atoms with Crippen molar-refractivity contribution in [3.63, 3.8) is 0 Å². The van der Waals surface area contributed by atoms with Gasteiger partial charge in [-0.2, -0.15) is 5.10 Å². The maximum Gasteiger partial charge on any atom is 0.157 e. The van der Waals surface area contributed by atoms with E-state index in [-0.39, 0.29) is 0 Å². The van der Waals surface area contributed by atoms with Crippen molar-refractivity contribution < 1.29 is 0 Å². The Morgan fingerprint density at radius 3 is 2.48 bits per heavy atom. The van der Waals surface area contributed by atoms with E-state index in [4.69, 9.17) is 0 Å². The van der Waals surface area contributed by atoms with Crippen molar-refractivity contribution in [2.24, 2.45) is 0 Å². The van der Waals surface area contributed by atoms with Gasteiger partial charge in [-0.1, -0.05) is 20.8 Å². The number of hydrogen-bond acceptors (Lipinski definition) is 4. The van der Waals surface area contributed by atoms with Crippen LogP contribution in [0.15, 0.2) is 12.4 Å². The zero-order chi connectivity index (χ0) is 15.6. The molecular formula is C16H25N5. The quantitative estimate of drug-likeness (QED) is 0.918. The Kier molecular flexibility index (Phi) is 4.73. The van der Waals surface area contributed by atoms with Crippen LogP contribution in [0.4, 0.5) is 0 Å². The lowest BCUT2D eigenvalue weighted by Gasteiger charge is -2.15. The summed E-state index contributed by atoms with van der Waals surface area (Å²) in [4.78, 5) is 8.48. The van der Waals surface area contributed by atoms with Gasteiger partial charge in [0, 0.05) is 35.6 Å². The third-order valence-corrected chi connectivity index (χ3v) is 3.68. The first-order chi connectivity index (χ1) is 9.90. The summed E-state index contributed by atoms with van der Waals surface area (Å²) < 4.78 is 1.92. The highest BCUT2D eigenvalue weighted by atomic mass is 15.3. The van der Waals surface area contributed by atoms with Gasteiger partial charge in [0.25, 0.3) is 0 Å². The molecule has 0 aliphatic rings. The SMILES string of the molecule is Cc1cc(-n2nc(C)c(C(C)CNC(C)C)c2C)ncn1. The van der Waals surface area contributed by atoms with Gasteiger partial charge >= 0.3 is 0 Å². The number of nitrogens with zero attached hydrogens (tertiary/aromatic N) is 4. The lowest BCUT2D eigenvalue weighted by Crippen LogP contribution is -2.27. The monoisotopic (exact) mass is 287 g/mol. The normalized spacial score (nSPS) is 12.9. The molecule has 2 heterocycles. The van der Waals surface area contributed by atoms with Gasteiger partial charge in [0.15, 0.2) is 5.82 Å². The molecule has 0 bridgehead atoms. The van der Waals surface area contributed by atoms with E-state index < -0.39 is 0 Å². The second kappa shape index (κ2) is 6.35. The standard InChI is InChI=1S/C16H25N5/c1-10(2)17-8-11(3)16-13(5)20-21(14(16)6)15-7-12(4)18-9-19-15/h7,9-11,17H,8H2,1-6H3. The number of aromatic nitrogens is 4. The van der Waals surface area contributed by atoms with Crippen LogP contribution in [-0.2, 0) is 0 Å². The minimum Gasteiger partial charge on any atom is -0.314 e. The molecule has 0 spiro atoms. The Bertz CT molecular complexity index is 615. The zero-order valence-electron chi connectivity index (χ0n) is 13.8. The summed E-state index contributed by atoms with van der Waals surface area (Å²) in [6, 6.07) is 2.45. The summed E-state index contributed by atoms with van der Waals surface area (Å²) in [6.07, 6.45) is 1.59. The van der Waals surface area contributed by atoms with E-state index in [9.17, 15) is 0 Å². The molecule has 1 atom stereocenters. The zero-order valence-corrected chi connectivity index (χ0v) is 13.8. The molecule has 0 aliphatic heterocycles. The van der Waals surface area contributed by atoms with Gasteiger partial charge in [-0.3, -0.25) is 0 Å². The van der Waals surface area contributed by atoms with Crippen molar-refractivity contribution in [2.75, 3.05) is 6.54 Å². The fraction of sp³-hybridized carbons (Fsp3) is 0.562. The summed E-state index contributed by atoms with van der Waals surface area (Å²) in [5, 5.41) is 8.16. The summed E-state index contributed by atoms with van der Waals surface area (Å²) >= 11 is 0. The molecule has 5 heteroatoms. The van der Waals surface area contributed by atoms with E-state index in [1.807, 2.05) is 17.7 Å². The van der Waals surface area contributed by atoms with Crippen LogP contribution in [0.25, 0.3) is 5.82 Å². The molecule has 0 aliphatic carbocycles. The average Bonchev–Trinajstić information content (AvgIpc) is 2.71. The molecule has 1 unspecified atom stereocenters. The van der Waals surface area contributed by atoms with Crippen LogP contribution < -0.4 is 5.32 Å². The van der Waals surface area contributed by atoms with E-state index in [2.05, 4.69) is 55.0 Å². The minimum absolute atomic E-state index is 0.420. The van der Waals surface area contributed by atoms with Crippen LogP contribution >= 0.6 is 0 Å². The third kappa shape index (κ3) is 3.47. The Morgan fingerprint density at radius 2 is 1.86 bits per heavy atom. The van der Waals surface area contributed by atoms with Crippen LogP contribution in [0.1, 0.15) is 49.3 Å². The van der Waals surface area contributed by atoms with E-state index in [0.717, 1.165) is 29.4 Å². The number of hydrogen-bond donors (Lipinski definition) is 1. The van der Waals surface area contributed by atoms with Gasteiger partial charge in [-0.05, 0) is 26.7 Å². The van der Waals surface area contributed by atoms with Crippen molar-refractivity contribution in [2.45, 2.75) is 53.5 Å². The highest BCUT2D eigenvalue weighted by Gasteiger charge is 2.19. The Balaban J connectivity index is 2.33. The number of aryl methyl sites for hydroxylation is 2. The molecule has 1 N–H and O–H groups in total. The van der Waals surface area contributed by atoms with Crippen LogP contribution in [0.2, 0.25) is 0 Å². The van der Waals surface area contributed by atoms with Gasteiger partial charge < -0.3 is 5.32 Å². The van der Waals surface area contributed by atoms with E-state index in [1.165, 1.54) is 5.56 Å². The van der Waals surface area contributed by atoms with Crippen LogP contribution in [0.5, 0.6) is 0 Å². The molecule has 5 nitrogen and oxygen atoms in total. The summed E-state index contributed by atoms with van der Waals surface area (Å²) in [6.45, 7) is 13.7. The topological polar surface area (TPSA) is 55.6 Å². The molecule has 0 saturated carbocycles. The summed E-state index contributed by atoms with van der Waals surface area (Å²) in [5.41, 5.74) is 4.48. The number of rotatable bonds is 5. The molecule has 0 amide bonds. The lowest BCUT2D eigenvalue weighted by molar-refractivity contribution is 0.546. The third-order valence-electron chi connectivity index (χ3n) is 3.68. The second-order valence-electron chi connectivity index (χ2n) is 5.98. The Hall–Kier alpha value is -1.75. The molecule has 0 fully saturated rings. The maximum atomic E-state index is 4.67. The molecule has 2 aromatic heterocycles. The van der Waals surface area contributed by atoms with Gasteiger partial charge in [-0.25, -0.2) is 14.6 Å². The van der Waals surface area contributed by atoms with Crippen LogP contribution in [-0.4, -0.2) is 32.3 Å². The minimum atomic E-state index is 0.420. The Labute approximate surface area is 126 Å². The predicted octanol–water partition coefficient (Wildman–Crippen LogP) is 2.69. The molecule has 21 heavy (non-hydrogen) atoms. The molecule has 114 valence electrons.